The highest BCUT2D eigenvalue weighted by Gasteiger charge is 2.31. The summed E-state index contributed by atoms with van der Waals surface area (Å²) in [5, 5.41) is 13.7. The summed E-state index contributed by atoms with van der Waals surface area (Å²) in [6.45, 7) is 8.10. The van der Waals surface area contributed by atoms with Crippen LogP contribution < -0.4 is 10.1 Å². The number of benzene rings is 2. The fourth-order valence-corrected chi connectivity index (χ4v) is 2.72. The molecule has 2 aromatic carbocycles. The zero-order valence-electron chi connectivity index (χ0n) is 13.0. The number of nitrogens with one attached hydrogen (secondary N) is 1. The van der Waals surface area contributed by atoms with Crippen molar-refractivity contribution in [3.63, 3.8) is 0 Å². The molecule has 0 bridgehead atoms. The monoisotopic (exact) mass is 490 g/mol. The van der Waals surface area contributed by atoms with Gasteiger partial charge in [-0.2, -0.15) is 0 Å². The van der Waals surface area contributed by atoms with Crippen molar-refractivity contribution >= 4 is 63.1 Å². The topological polar surface area (TPSA) is 62.9 Å². The predicted molar refractivity (Wildman–Crippen MR) is 107 cm³/mol. The predicted octanol–water partition coefficient (Wildman–Crippen LogP) is 4.92. The van der Waals surface area contributed by atoms with Gasteiger partial charge in [0.1, 0.15) is 12.4 Å². The normalized spacial score (nSPS) is 12.8. The number of hydrogen-bond acceptors (Lipinski definition) is 3. The molecule has 2 N–H and O–H groups in total. The molecule has 0 saturated carbocycles. The zero-order chi connectivity index (χ0) is 18.6. The van der Waals surface area contributed by atoms with E-state index in [1.54, 1.807) is 30.3 Å². The van der Waals surface area contributed by atoms with Crippen LogP contribution in [-0.4, -0.2) is 23.2 Å². The Morgan fingerprint density at radius 3 is 2.64 bits per heavy atom. The van der Waals surface area contributed by atoms with Crippen molar-refractivity contribution in [1.82, 2.24) is 0 Å². The second-order valence-corrected chi connectivity index (χ2v) is 7.35. The van der Waals surface area contributed by atoms with Gasteiger partial charge in [0.15, 0.2) is 11.3 Å². The molecule has 0 saturated heterocycles. The van der Waals surface area contributed by atoms with Gasteiger partial charge in [-0.25, -0.2) is 4.85 Å². The Bertz CT molecular complexity index is 850. The van der Waals surface area contributed by atoms with Crippen LogP contribution in [0.2, 0.25) is 10.0 Å². The van der Waals surface area contributed by atoms with Crippen molar-refractivity contribution in [2.24, 2.45) is 0 Å². The first-order valence-electron chi connectivity index (χ1n) is 7.01. The molecule has 0 radical (unpaired) electrons. The summed E-state index contributed by atoms with van der Waals surface area (Å²) in [6.07, 6.45) is 0. The highest BCUT2D eigenvalue weighted by atomic mass is 127. The van der Waals surface area contributed by atoms with E-state index in [2.05, 4.69) is 10.2 Å². The SMILES string of the molecule is [C-]#[N+]c1ccc(NC(=O)[C@@](C)(O)COc2ccc(Cl)c(Cl)c2)cc1I. The summed E-state index contributed by atoms with van der Waals surface area (Å²) in [7, 11) is 0. The van der Waals surface area contributed by atoms with Crippen LogP contribution in [-0.2, 0) is 4.79 Å². The van der Waals surface area contributed by atoms with Crippen LogP contribution in [0.15, 0.2) is 36.4 Å². The molecule has 130 valence electrons. The molecule has 0 unspecified atom stereocenters. The Hall–Kier alpha value is -1.53. The van der Waals surface area contributed by atoms with Gasteiger partial charge in [-0.3, -0.25) is 4.79 Å². The number of halogens is 3. The lowest BCUT2D eigenvalue weighted by Gasteiger charge is -2.23. The van der Waals surface area contributed by atoms with E-state index in [1.807, 2.05) is 22.6 Å². The smallest absolute Gasteiger partial charge is 0.259 e. The van der Waals surface area contributed by atoms with Gasteiger partial charge in [0.05, 0.1) is 16.6 Å². The number of aliphatic hydroxyl groups is 1. The Kier molecular flexibility index (Phi) is 6.52. The molecule has 2 rings (SSSR count). The summed E-state index contributed by atoms with van der Waals surface area (Å²) >= 11 is 13.7. The maximum atomic E-state index is 12.3. The largest absolute Gasteiger partial charge is 0.490 e. The Morgan fingerprint density at radius 2 is 2.04 bits per heavy atom. The lowest BCUT2D eigenvalue weighted by atomic mass is 10.1. The van der Waals surface area contributed by atoms with Crippen LogP contribution in [0.4, 0.5) is 11.4 Å². The van der Waals surface area contributed by atoms with Gasteiger partial charge in [0.25, 0.3) is 5.91 Å². The number of ether oxygens (including phenoxy) is 1. The van der Waals surface area contributed by atoms with Crippen LogP contribution in [0.5, 0.6) is 5.75 Å². The highest BCUT2D eigenvalue weighted by molar-refractivity contribution is 14.1. The van der Waals surface area contributed by atoms with E-state index in [9.17, 15) is 9.90 Å². The minimum atomic E-state index is -1.77. The number of carbonyl (C=O) groups excluding carboxylic acids is 1. The molecule has 1 amide bonds. The van der Waals surface area contributed by atoms with E-state index in [-0.39, 0.29) is 6.61 Å². The maximum Gasteiger partial charge on any atom is 0.259 e. The van der Waals surface area contributed by atoms with Gasteiger partial charge < -0.3 is 15.2 Å². The van der Waals surface area contributed by atoms with E-state index in [1.165, 1.54) is 13.0 Å². The second-order valence-electron chi connectivity index (χ2n) is 5.37. The average molecular weight is 491 g/mol. The van der Waals surface area contributed by atoms with Crippen molar-refractivity contribution in [2.75, 3.05) is 11.9 Å². The van der Waals surface area contributed by atoms with Gasteiger partial charge in [-0.1, -0.05) is 51.9 Å². The summed E-state index contributed by atoms with van der Waals surface area (Å²) in [6, 6.07) is 9.52. The third-order valence-electron chi connectivity index (χ3n) is 3.23. The number of rotatable bonds is 5. The molecular weight excluding hydrogens is 478 g/mol. The Labute approximate surface area is 168 Å². The summed E-state index contributed by atoms with van der Waals surface area (Å²) in [4.78, 5) is 15.6. The molecule has 0 aliphatic rings. The Balaban J connectivity index is 2.03. The molecular formula is C17H13Cl2IN2O3. The van der Waals surface area contributed by atoms with Gasteiger partial charge in [0.2, 0.25) is 0 Å². The van der Waals surface area contributed by atoms with Crippen LogP contribution in [0, 0.1) is 10.1 Å². The van der Waals surface area contributed by atoms with Crippen LogP contribution >= 0.6 is 45.8 Å². The molecule has 0 heterocycles. The van der Waals surface area contributed by atoms with Crippen molar-refractivity contribution in [3.8, 4) is 5.75 Å². The minimum absolute atomic E-state index is 0.270. The molecule has 0 spiro atoms. The molecule has 2 aromatic rings. The quantitative estimate of drug-likeness (QED) is 0.462. The maximum absolute atomic E-state index is 12.3. The molecule has 0 aliphatic heterocycles. The summed E-state index contributed by atoms with van der Waals surface area (Å²) in [5.74, 6) is -0.239. The van der Waals surface area contributed by atoms with Crippen molar-refractivity contribution in [2.45, 2.75) is 12.5 Å². The highest BCUT2D eigenvalue weighted by Crippen LogP contribution is 2.27. The number of hydrogen-bond donors (Lipinski definition) is 2. The van der Waals surface area contributed by atoms with Gasteiger partial charge >= 0.3 is 0 Å². The van der Waals surface area contributed by atoms with Gasteiger partial charge in [-0.05, 0) is 31.2 Å². The molecule has 8 heteroatoms. The molecule has 5 nitrogen and oxygen atoms in total. The fraction of sp³-hybridized carbons (Fsp3) is 0.176. The van der Waals surface area contributed by atoms with E-state index in [0.717, 1.165) is 0 Å². The molecule has 0 aliphatic carbocycles. The van der Waals surface area contributed by atoms with E-state index < -0.39 is 11.5 Å². The van der Waals surface area contributed by atoms with Crippen LogP contribution in [0.3, 0.4) is 0 Å². The van der Waals surface area contributed by atoms with Crippen LogP contribution in [0.1, 0.15) is 6.92 Å². The fourth-order valence-electron chi connectivity index (χ4n) is 1.80. The van der Waals surface area contributed by atoms with Gasteiger partial charge in [-0.15, -0.1) is 0 Å². The third kappa shape index (κ3) is 5.22. The first kappa shape index (κ1) is 19.8. The first-order chi connectivity index (χ1) is 11.7. The van der Waals surface area contributed by atoms with Gasteiger partial charge in [0, 0.05) is 15.3 Å². The van der Waals surface area contributed by atoms with Crippen molar-refractivity contribution in [1.29, 1.82) is 0 Å². The second kappa shape index (κ2) is 8.23. The third-order valence-corrected chi connectivity index (χ3v) is 4.83. The number of nitrogens with zero attached hydrogens (tertiary/aromatic N) is 1. The minimum Gasteiger partial charge on any atom is -0.490 e. The lowest BCUT2D eigenvalue weighted by molar-refractivity contribution is -0.135. The summed E-state index contributed by atoms with van der Waals surface area (Å²) in [5.41, 5.74) is -0.791. The molecule has 1 atom stereocenters. The number of anilines is 1. The first-order valence-corrected chi connectivity index (χ1v) is 8.85. The number of carbonyl (C=O) groups is 1. The lowest BCUT2D eigenvalue weighted by Crippen LogP contribution is -2.45. The van der Waals surface area contributed by atoms with E-state index >= 15 is 0 Å². The van der Waals surface area contributed by atoms with Crippen LogP contribution in [0.25, 0.3) is 4.85 Å². The number of amides is 1. The average Bonchev–Trinajstić information content (AvgIpc) is 2.56. The molecule has 0 aromatic heterocycles. The van der Waals surface area contributed by atoms with Crippen molar-refractivity contribution in [3.05, 3.63) is 61.4 Å². The Morgan fingerprint density at radius 1 is 1.32 bits per heavy atom. The summed E-state index contributed by atoms with van der Waals surface area (Å²) < 4.78 is 6.14. The molecule has 0 fully saturated rings. The van der Waals surface area contributed by atoms with E-state index in [4.69, 9.17) is 34.5 Å². The van der Waals surface area contributed by atoms with Crippen molar-refractivity contribution < 1.29 is 14.6 Å². The van der Waals surface area contributed by atoms with E-state index in [0.29, 0.717) is 30.7 Å². The molecule has 25 heavy (non-hydrogen) atoms. The standard InChI is InChI=1S/C17H13Cl2IN2O3/c1-17(24,9-25-11-4-5-12(18)13(19)8-11)16(23)22-10-3-6-15(21-2)14(20)7-10/h3-8,24H,9H2,1H3,(H,22,23)/t17-/m0/s1. The zero-order valence-corrected chi connectivity index (χ0v) is 16.7.